The number of fused-ring (bicyclic) bond motifs is 3. The zero-order chi connectivity index (χ0) is 18.8. The number of ether oxygens (including phenoxy) is 2. The Labute approximate surface area is 161 Å². The Kier molecular flexibility index (Phi) is 5.55. The molecule has 3 aliphatic rings. The SMILES string of the molecule is CN(CCC(N)=O)CC1CC2CCC(C1)N2CC1COc2ccccc2O1. The van der Waals surface area contributed by atoms with Gasteiger partial charge in [0.2, 0.25) is 5.91 Å². The van der Waals surface area contributed by atoms with Crippen LogP contribution in [0.2, 0.25) is 0 Å². The summed E-state index contributed by atoms with van der Waals surface area (Å²) in [5, 5.41) is 0. The first-order chi connectivity index (χ1) is 13.1. The van der Waals surface area contributed by atoms with E-state index in [9.17, 15) is 4.79 Å². The molecule has 1 amide bonds. The third-order valence-electron chi connectivity index (χ3n) is 6.27. The highest BCUT2D eigenvalue weighted by Crippen LogP contribution is 2.40. The first-order valence-corrected chi connectivity index (χ1v) is 10.2. The highest BCUT2D eigenvalue weighted by Gasteiger charge is 2.42. The molecule has 4 rings (SSSR count). The summed E-state index contributed by atoms with van der Waals surface area (Å²) < 4.78 is 12.1. The molecule has 2 N–H and O–H groups in total. The molecule has 2 bridgehead atoms. The van der Waals surface area contributed by atoms with Gasteiger partial charge in [-0.25, -0.2) is 0 Å². The van der Waals surface area contributed by atoms with Gasteiger partial charge in [-0.15, -0.1) is 0 Å². The molecule has 3 atom stereocenters. The van der Waals surface area contributed by atoms with E-state index in [1.807, 2.05) is 24.3 Å². The van der Waals surface area contributed by atoms with Crippen LogP contribution in [0.3, 0.4) is 0 Å². The molecule has 1 aromatic carbocycles. The van der Waals surface area contributed by atoms with Crippen molar-refractivity contribution in [3.63, 3.8) is 0 Å². The molecule has 3 aliphatic heterocycles. The van der Waals surface area contributed by atoms with E-state index >= 15 is 0 Å². The number of hydrogen-bond acceptors (Lipinski definition) is 5. The molecule has 2 saturated heterocycles. The minimum Gasteiger partial charge on any atom is -0.486 e. The Morgan fingerprint density at radius 1 is 1.22 bits per heavy atom. The largest absolute Gasteiger partial charge is 0.486 e. The lowest BCUT2D eigenvalue weighted by molar-refractivity contribution is -0.118. The van der Waals surface area contributed by atoms with Crippen LogP contribution in [0.4, 0.5) is 0 Å². The number of carbonyl (C=O) groups is 1. The Morgan fingerprint density at radius 3 is 2.63 bits per heavy atom. The maximum Gasteiger partial charge on any atom is 0.218 e. The third kappa shape index (κ3) is 4.38. The molecule has 6 nitrogen and oxygen atoms in total. The van der Waals surface area contributed by atoms with Gasteiger partial charge in [0.1, 0.15) is 12.7 Å². The highest BCUT2D eigenvalue weighted by atomic mass is 16.6. The van der Waals surface area contributed by atoms with Gasteiger partial charge in [0.15, 0.2) is 11.5 Å². The van der Waals surface area contributed by atoms with Gasteiger partial charge in [0.05, 0.1) is 0 Å². The fourth-order valence-electron chi connectivity index (χ4n) is 5.06. The minimum absolute atomic E-state index is 0.109. The van der Waals surface area contributed by atoms with Crippen LogP contribution < -0.4 is 15.2 Å². The Morgan fingerprint density at radius 2 is 1.93 bits per heavy atom. The lowest BCUT2D eigenvalue weighted by atomic mass is 9.90. The first-order valence-electron chi connectivity index (χ1n) is 10.2. The van der Waals surface area contributed by atoms with Crippen LogP contribution in [0.15, 0.2) is 24.3 Å². The Hall–Kier alpha value is -1.79. The quantitative estimate of drug-likeness (QED) is 0.790. The lowest BCUT2D eigenvalue weighted by Crippen LogP contribution is -2.50. The molecule has 0 saturated carbocycles. The van der Waals surface area contributed by atoms with E-state index in [1.54, 1.807) is 0 Å². The van der Waals surface area contributed by atoms with Crippen LogP contribution in [0.1, 0.15) is 32.1 Å². The number of amides is 1. The van der Waals surface area contributed by atoms with Crippen molar-refractivity contribution in [3.8, 4) is 11.5 Å². The number of carbonyl (C=O) groups excluding carboxylic acids is 1. The van der Waals surface area contributed by atoms with Gasteiger partial charge in [0, 0.05) is 38.1 Å². The van der Waals surface area contributed by atoms with E-state index in [0.717, 1.165) is 31.1 Å². The molecule has 6 heteroatoms. The van der Waals surface area contributed by atoms with Crippen LogP contribution >= 0.6 is 0 Å². The summed E-state index contributed by atoms with van der Waals surface area (Å²) in [7, 11) is 2.10. The third-order valence-corrected chi connectivity index (χ3v) is 6.27. The summed E-state index contributed by atoms with van der Waals surface area (Å²) in [6, 6.07) is 9.24. The van der Waals surface area contributed by atoms with Crippen molar-refractivity contribution >= 4 is 5.91 Å². The van der Waals surface area contributed by atoms with Gasteiger partial charge in [-0.05, 0) is 50.8 Å². The summed E-state index contributed by atoms with van der Waals surface area (Å²) in [5.41, 5.74) is 5.27. The van der Waals surface area contributed by atoms with Crippen molar-refractivity contribution in [1.29, 1.82) is 0 Å². The number of piperidine rings is 1. The van der Waals surface area contributed by atoms with Crippen molar-refractivity contribution in [1.82, 2.24) is 9.80 Å². The molecule has 0 radical (unpaired) electrons. The number of rotatable bonds is 7. The maximum atomic E-state index is 11.0. The van der Waals surface area contributed by atoms with Gasteiger partial charge < -0.3 is 20.1 Å². The summed E-state index contributed by atoms with van der Waals surface area (Å²) >= 11 is 0. The summed E-state index contributed by atoms with van der Waals surface area (Å²) in [6.07, 6.45) is 5.61. The molecular weight excluding hydrogens is 342 g/mol. The van der Waals surface area contributed by atoms with E-state index in [-0.39, 0.29) is 12.0 Å². The number of primary amides is 1. The molecule has 1 aromatic rings. The minimum atomic E-state index is -0.215. The molecule has 0 spiro atoms. The molecule has 27 heavy (non-hydrogen) atoms. The molecule has 148 valence electrons. The fraction of sp³-hybridized carbons (Fsp3) is 0.667. The van der Waals surface area contributed by atoms with Crippen molar-refractivity contribution in [2.24, 2.45) is 11.7 Å². The predicted octanol–water partition coefficient (Wildman–Crippen LogP) is 1.88. The zero-order valence-electron chi connectivity index (χ0n) is 16.2. The molecule has 3 heterocycles. The number of benzene rings is 1. The van der Waals surface area contributed by atoms with E-state index in [4.69, 9.17) is 15.2 Å². The number of nitrogens with zero attached hydrogens (tertiary/aromatic N) is 2. The maximum absolute atomic E-state index is 11.0. The van der Waals surface area contributed by atoms with E-state index < -0.39 is 0 Å². The standard InChI is InChI=1S/C21H31N3O3/c1-23(9-8-21(22)25)12-15-10-16-6-7-17(11-15)24(16)13-18-14-26-19-4-2-3-5-20(19)27-18/h2-5,15-18H,6-14H2,1H3,(H2,22,25). The van der Waals surface area contributed by atoms with Crippen LogP contribution in [-0.2, 0) is 4.79 Å². The second-order valence-corrected chi connectivity index (χ2v) is 8.40. The number of nitrogens with two attached hydrogens (primary N) is 1. The van der Waals surface area contributed by atoms with Gasteiger partial charge in [-0.1, -0.05) is 12.1 Å². The molecule has 0 aromatic heterocycles. The monoisotopic (exact) mass is 373 g/mol. The Balaban J connectivity index is 1.29. The van der Waals surface area contributed by atoms with E-state index in [1.165, 1.54) is 25.7 Å². The van der Waals surface area contributed by atoms with Crippen molar-refractivity contribution < 1.29 is 14.3 Å². The predicted molar refractivity (Wildman–Crippen MR) is 104 cm³/mol. The average molecular weight is 373 g/mol. The van der Waals surface area contributed by atoms with Gasteiger partial charge >= 0.3 is 0 Å². The van der Waals surface area contributed by atoms with Crippen LogP contribution in [-0.4, -0.2) is 67.2 Å². The molecule has 3 unspecified atom stereocenters. The van der Waals surface area contributed by atoms with Crippen LogP contribution in [0, 0.1) is 5.92 Å². The molecule has 2 fully saturated rings. The summed E-state index contributed by atoms with van der Waals surface area (Å²) in [6.45, 7) is 3.40. The van der Waals surface area contributed by atoms with Gasteiger partial charge in [0.25, 0.3) is 0 Å². The van der Waals surface area contributed by atoms with Gasteiger partial charge in [-0.2, -0.15) is 0 Å². The highest BCUT2D eigenvalue weighted by molar-refractivity contribution is 5.73. The van der Waals surface area contributed by atoms with E-state index in [2.05, 4.69) is 16.8 Å². The molecular formula is C21H31N3O3. The number of para-hydroxylation sites is 2. The van der Waals surface area contributed by atoms with Crippen LogP contribution in [0.5, 0.6) is 11.5 Å². The van der Waals surface area contributed by atoms with E-state index in [0.29, 0.717) is 31.0 Å². The number of hydrogen-bond donors (Lipinski definition) is 1. The summed E-state index contributed by atoms with van der Waals surface area (Å²) in [4.78, 5) is 15.9. The Bertz CT molecular complexity index is 654. The average Bonchev–Trinajstić information content (AvgIpc) is 2.88. The zero-order valence-corrected chi connectivity index (χ0v) is 16.2. The lowest BCUT2D eigenvalue weighted by Gasteiger charge is -2.42. The van der Waals surface area contributed by atoms with Crippen molar-refractivity contribution in [2.75, 3.05) is 33.3 Å². The van der Waals surface area contributed by atoms with Gasteiger partial charge in [-0.3, -0.25) is 9.69 Å². The molecule has 0 aliphatic carbocycles. The second kappa shape index (κ2) is 8.07. The smallest absolute Gasteiger partial charge is 0.218 e. The first kappa shape index (κ1) is 18.6. The topological polar surface area (TPSA) is 68.0 Å². The van der Waals surface area contributed by atoms with Crippen LogP contribution in [0.25, 0.3) is 0 Å². The van der Waals surface area contributed by atoms with Crippen molar-refractivity contribution in [2.45, 2.75) is 50.3 Å². The fourth-order valence-corrected chi connectivity index (χ4v) is 5.06. The summed E-state index contributed by atoms with van der Waals surface area (Å²) in [5.74, 6) is 2.22. The second-order valence-electron chi connectivity index (χ2n) is 8.40. The van der Waals surface area contributed by atoms with Crippen molar-refractivity contribution in [3.05, 3.63) is 24.3 Å². The normalized spacial score (nSPS) is 29.9.